The number of benzene rings is 1. The Morgan fingerprint density at radius 1 is 1.22 bits per heavy atom. The van der Waals surface area contributed by atoms with Gasteiger partial charge < -0.3 is 11.1 Å². The van der Waals surface area contributed by atoms with E-state index in [2.05, 4.69) is 15.5 Å². The van der Waals surface area contributed by atoms with Gasteiger partial charge in [-0.25, -0.2) is 0 Å². The summed E-state index contributed by atoms with van der Waals surface area (Å²) in [6.45, 7) is 2.26. The molecule has 8 heteroatoms. The first-order chi connectivity index (χ1) is 11.0. The fourth-order valence-corrected chi connectivity index (χ4v) is 2.56. The molecule has 1 unspecified atom stereocenters. The monoisotopic (exact) mass is 352 g/mol. The van der Waals surface area contributed by atoms with Crippen LogP contribution < -0.4 is 11.1 Å². The van der Waals surface area contributed by atoms with E-state index in [0.29, 0.717) is 17.8 Å². The summed E-state index contributed by atoms with van der Waals surface area (Å²) in [6.07, 6.45) is 0. The van der Waals surface area contributed by atoms with Crippen LogP contribution in [0.1, 0.15) is 34.5 Å². The number of rotatable bonds is 5. The summed E-state index contributed by atoms with van der Waals surface area (Å²) in [5, 5.41) is 10.6. The van der Waals surface area contributed by atoms with Gasteiger partial charge >= 0.3 is 0 Å². The number of aromatic nitrogens is 2. The minimum Gasteiger partial charge on any atom is -0.369 e. The molecule has 2 amide bonds. The predicted octanol–water partition coefficient (Wildman–Crippen LogP) is 2.15. The number of halogens is 2. The summed E-state index contributed by atoms with van der Waals surface area (Å²) >= 11 is 12.0. The molecular formula is C15H14Cl2N4O2. The third-order valence-electron chi connectivity index (χ3n) is 3.15. The van der Waals surface area contributed by atoms with Crippen molar-refractivity contribution in [3.8, 4) is 0 Å². The highest BCUT2D eigenvalue weighted by molar-refractivity contribution is 6.35. The molecule has 0 saturated carbocycles. The van der Waals surface area contributed by atoms with Gasteiger partial charge in [-0.3, -0.25) is 9.59 Å². The topological polar surface area (TPSA) is 98.0 Å². The molecule has 6 nitrogen and oxygen atoms in total. The Balaban J connectivity index is 2.52. The van der Waals surface area contributed by atoms with Crippen molar-refractivity contribution in [1.29, 1.82) is 0 Å². The van der Waals surface area contributed by atoms with E-state index in [0.717, 1.165) is 0 Å². The zero-order valence-corrected chi connectivity index (χ0v) is 13.7. The van der Waals surface area contributed by atoms with Gasteiger partial charge in [0.05, 0.1) is 16.3 Å². The fraction of sp³-hybridized carbons (Fsp3) is 0.200. The Bertz CT molecular complexity index is 735. The van der Waals surface area contributed by atoms with E-state index in [4.69, 9.17) is 28.9 Å². The number of primary amides is 1. The summed E-state index contributed by atoms with van der Waals surface area (Å²) in [6, 6.07) is 7.87. The van der Waals surface area contributed by atoms with Gasteiger partial charge in [-0.1, -0.05) is 35.3 Å². The zero-order valence-electron chi connectivity index (χ0n) is 12.2. The summed E-state index contributed by atoms with van der Waals surface area (Å²) in [7, 11) is 0. The minimum atomic E-state index is -0.929. The van der Waals surface area contributed by atoms with Crippen molar-refractivity contribution in [2.45, 2.75) is 12.8 Å². The SMILES string of the molecule is CCNC(=O)c1cccc(C(C(N)=O)c2ccc(Cl)nn2)c1Cl. The number of carbonyl (C=O) groups is 2. The Labute approximate surface area is 143 Å². The second-order valence-corrected chi connectivity index (χ2v) is 5.45. The van der Waals surface area contributed by atoms with Crippen LogP contribution in [-0.2, 0) is 4.79 Å². The lowest BCUT2D eigenvalue weighted by Crippen LogP contribution is -2.26. The second-order valence-electron chi connectivity index (χ2n) is 4.68. The standard InChI is InChI=1S/C15H14Cl2N4O2/c1-2-19-15(23)9-5-3-4-8(13(9)17)12(14(18)22)10-6-7-11(16)21-20-10/h3-7,12H,2H2,1H3,(H2,18,22)(H,19,23). The molecule has 2 rings (SSSR count). The number of nitrogens with two attached hydrogens (primary N) is 1. The second kappa shape index (κ2) is 7.39. The van der Waals surface area contributed by atoms with Crippen LogP contribution in [0.15, 0.2) is 30.3 Å². The van der Waals surface area contributed by atoms with Crippen LogP contribution >= 0.6 is 23.2 Å². The highest BCUT2D eigenvalue weighted by Gasteiger charge is 2.26. The molecule has 2 aromatic rings. The third kappa shape index (κ3) is 3.78. The molecule has 0 saturated heterocycles. The molecular weight excluding hydrogens is 339 g/mol. The number of hydrogen-bond acceptors (Lipinski definition) is 4. The molecule has 120 valence electrons. The maximum atomic E-state index is 12.0. The first-order valence-corrected chi connectivity index (χ1v) is 7.56. The number of hydrogen-bond donors (Lipinski definition) is 2. The van der Waals surface area contributed by atoms with Crippen LogP contribution in [0.5, 0.6) is 0 Å². The fourth-order valence-electron chi connectivity index (χ4n) is 2.14. The van der Waals surface area contributed by atoms with Crippen LogP contribution in [0, 0.1) is 0 Å². The normalized spacial score (nSPS) is 11.8. The Morgan fingerprint density at radius 3 is 2.52 bits per heavy atom. The molecule has 1 aromatic carbocycles. The third-order valence-corrected chi connectivity index (χ3v) is 3.78. The highest BCUT2D eigenvalue weighted by Crippen LogP contribution is 2.31. The molecule has 0 fully saturated rings. The lowest BCUT2D eigenvalue weighted by atomic mass is 9.93. The molecule has 0 aliphatic heterocycles. The number of carbonyl (C=O) groups excluding carboxylic acids is 2. The molecule has 0 spiro atoms. The Morgan fingerprint density at radius 2 is 1.96 bits per heavy atom. The average Bonchev–Trinajstić information content (AvgIpc) is 2.51. The van der Waals surface area contributed by atoms with Crippen LogP contribution in [0.3, 0.4) is 0 Å². The lowest BCUT2D eigenvalue weighted by molar-refractivity contribution is -0.118. The number of nitrogens with zero attached hydrogens (tertiary/aromatic N) is 2. The maximum absolute atomic E-state index is 12.0. The van der Waals surface area contributed by atoms with Gasteiger partial charge in [0.15, 0.2) is 5.15 Å². The summed E-state index contributed by atoms with van der Waals surface area (Å²) < 4.78 is 0. The molecule has 0 bridgehead atoms. The molecule has 1 aromatic heterocycles. The van der Waals surface area contributed by atoms with Crippen molar-refractivity contribution in [1.82, 2.24) is 15.5 Å². The van der Waals surface area contributed by atoms with Crippen molar-refractivity contribution in [2.24, 2.45) is 5.73 Å². The van der Waals surface area contributed by atoms with Gasteiger partial charge in [-0.2, -0.15) is 5.10 Å². The van der Waals surface area contributed by atoms with E-state index in [1.54, 1.807) is 31.2 Å². The van der Waals surface area contributed by atoms with Gasteiger partial charge in [0, 0.05) is 6.54 Å². The van der Waals surface area contributed by atoms with E-state index in [9.17, 15) is 9.59 Å². The molecule has 3 N–H and O–H groups in total. The summed E-state index contributed by atoms with van der Waals surface area (Å²) in [5.74, 6) is -1.91. The number of amides is 2. The van der Waals surface area contributed by atoms with Crippen LogP contribution in [-0.4, -0.2) is 28.6 Å². The van der Waals surface area contributed by atoms with Crippen LogP contribution in [0.25, 0.3) is 0 Å². The van der Waals surface area contributed by atoms with E-state index in [1.807, 2.05) is 0 Å². The first-order valence-electron chi connectivity index (χ1n) is 6.80. The zero-order chi connectivity index (χ0) is 17.0. The van der Waals surface area contributed by atoms with Crippen molar-refractivity contribution < 1.29 is 9.59 Å². The van der Waals surface area contributed by atoms with Gasteiger partial charge in [0.1, 0.15) is 5.92 Å². The summed E-state index contributed by atoms with van der Waals surface area (Å²) in [5.41, 5.74) is 6.45. The van der Waals surface area contributed by atoms with Gasteiger partial charge in [-0.05, 0) is 30.7 Å². The minimum absolute atomic E-state index is 0.152. The van der Waals surface area contributed by atoms with Crippen LogP contribution in [0.2, 0.25) is 10.2 Å². The molecule has 0 radical (unpaired) electrons. The molecule has 0 aliphatic rings. The van der Waals surface area contributed by atoms with E-state index in [1.165, 1.54) is 6.07 Å². The molecule has 0 aliphatic carbocycles. The quantitative estimate of drug-likeness (QED) is 0.861. The van der Waals surface area contributed by atoms with Crippen molar-refractivity contribution in [2.75, 3.05) is 6.54 Å². The van der Waals surface area contributed by atoms with E-state index >= 15 is 0 Å². The molecule has 1 heterocycles. The molecule has 1 atom stereocenters. The predicted molar refractivity (Wildman–Crippen MR) is 87.5 cm³/mol. The summed E-state index contributed by atoms with van der Waals surface area (Å²) in [4.78, 5) is 23.9. The van der Waals surface area contributed by atoms with Crippen LogP contribution in [0.4, 0.5) is 0 Å². The Kier molecular flexibility index (Phi) is 5.52. The van der Waals surface area contributed by atoms with E-state index in [-0.39, 0.29) is 21.6 Å². The maximum Gasteiger partial charge on any atom is 0.252 e. The van der Waals surface area contributed by atoms with Gasteiger partial charge in [0.25, 0.3) is 5.91 Å². The number of nitrogens with one attached hydrogen (secondary N) is 1. The highest BCUT2D eigenvalue weighted by atomic mass is 35.5. The first kappa shape index (κ1) is 17.2. The van der Waals surface area contributed by atoms with Gasteiger partial charge in [-0.15, -0.1) is 5.10 Å². The average molecular weight is 353 g/mol. The van der Waals surface area contributed by atoms with Crippen molar-refractivity contribution in [3.05, 3.63) is 57.3 Å². The Hall–Kier alpha value is -2.18. The van der Waals surface area contributed by atoms with Crippen molar-refractivity contribution >= 4 is 35.0 Å². The molecule has 23 heavy (non-hydrogen) atoms. The smallest absolute Gasteiger partial charge is 0.252 e. The largest absolute Gasteiger partial charge is 0.369 e. The van der Waals surface area contributed by atoms with E-state index < -0.39 is 11.8 Å². The lowest BCUT2D eigenvalue weighted by Gasteiger charge is -2.16. The van der Waals surface area contributed by atoms with Gasteiger partial charge in [0.2, 0.25) is 5.91 Å². The van der Waals surface area contributed by atoms with Crippen molar-refractivity contribution in [3.63, 3.8) is 0 Å².